The van der Waals surface area contributed by atoms with Gasteiger partial charge >= 0.3 is 0 Å². The van der Waals surface area contributed by atoms with Gasteiger partial charge in [0, 0.05) is 41.1 Å². The Morgan fingerprint density at radius 3 is 2.30 bits per heavy atom. The molecule has 5 heteroatoms. The lowest BCUT2D eigenvalue weighted by Gasteiger charge is -2.11. The molecule has 0 saturated carbocycles. The molecule has 0 aliphatic heterocycles. The summed E-state index contributed by atoms with van der Waals surface area (Å²) in [6, 6.07) is 5.82. The third-order valence-corrected chi connectivity index (χ3v) is 3.62. The van der Waals surface area contributed by atoms with Crippen LogP contribution in [0.5, 0.6) is 0 Å². The molecule has 0 atom stereocenters. The molecule has 1 aromatic carbocycles. The van der Waals surface area contributed by atoms with Gasteiger partial charge in [0.05, 0.1) is 10.0 Å². The maximum absolute atomic E-state index is 6.24. The topological polar surface area (TPSA) is 24.9 Å². The smallest absolute Gasteiger partial charge is 0.0514 e. The van der Waals surface area contributed by atoms with Crippen molar-refractivity contribution in [3.8, 4) is 11.1 Å². The molecule has 0 spiro atoms. The van der Waals surface area contributed by atoms with E-state index in [4.69, 9.17) is 34.8 Å². The summed E-state index contributed by atoms with van der Waals surface area (Å²) in [5.41, 5.74) is 2.73. The molecule has 0 unspecified atom stereocenters. The van der Waals surface area contributed by atoms with Crippen molar-refractivity contribution >= 4 is 34.8 Å². The highest BCUT2D eigenvalue weighted by Gasteiger charge is 2.11. The average molecular weight is 330 g/mol. The fraction of sp³-hybridized carbons (Fsp3) is 0.267. The van der Waals surface area contributed by atoms with E-state index in [2.05, 4.69) is 24.1 Å². The summed E-state index contributed by atoms with van der Waals surface area (Å²) in [7, 11) is 0. The number of pyridine rings is 1. The van der Waals surface area contributed by atoms with Gasteiger partial charge in [-0.2, -0.15) is 0 Å². The van der Waals surface area contributed by atoms with Crippen LogP contribution in [0.2, 0.25) is 15.1 Å². The molecule has 0 saturated heterocycles. The number of aromatic nitrogens is 1. The minimum absolute atomic E-state index is 0.418. The Balaban J connectivity index is 2.36. The van der Waals surface area contributed by atoms with E-state index in [-0.39, 0.29) is 0 Å². The molecule has 1 N–H and O–H groups in total. The van der Waals surface area contributed by atoms with Gasteiger partial charge in [-0.3, -0.25) is 4.98 Å². The molecular weight excluding hydrogens is 315 g/mol. The lowest BCUT2D eigenvalue weighted by Crippen LogP contribution is -2.21. The fourth-order valence-electron chi connectivity index (χ4n) is 1.86. The second-order valence-electron chi connectivity index (χ2n) is 4.86. The van der Waals surface area contributed by atoms with Crippen molar-refractivity contribution in [1.82, 2.24) is 10.3 Å². The zero-order valence-corrected chi connectivity index (χ0v) is 13.5. The second kappa shape index (κ2) is 6.77. The van der Waals surface area contributed by atoms with Crippen molar-refractivity contribution in [1.29, 1.82) is 0 Å². The number of benzene rings is 1. The van der Waals surface area contributed by atoms with E-state index >= 15 is 0 Å². The minimum Gasteiger partial charge on any atom is -0.310 e. The van der Waals surface area contributed by atoms with Crippen LogP contribution in [0.25, 0.3) is 11.1 Å². The molecule has 2 aromatic rings. The maximum atomic E-state index is 6.24. The highest BCUT2D eigenvalue weighted by molar-refractivity contribution is 6.41. The van der Waals surface area contributed by atoms with E-state index in [0.717, 1.165) is 23.2 Å². The van der Waals surface area contributed by atoms with Gasteiger partial charge in [-0.15, -0.1) is 0 Å². The van der Waals surface area contributed by atoms with Crippen molar-refractivity contribution in [3.63, 3.8) is 0 Å². The van der Waals surface area contributed by atoms with Crippen molar-refractivity contribution in [3.05, 3.63) is 51.2 Å². The van der Waals surface area contributed by atoms with Gasteiger partial charge in [0.25, 0.3) is 0 Å². The molecule has 0 aliphatic carbocycles. The Morgan fingerprint density at radius 2 is 1.70 bits per heavy atom. The van der Waals surface area contributed by atoms with Gasteiger partial charge in [0.1, 0.15) is 0 Å². The van der Waals surface area contributed by atoms with Crippen LogP contribution in [0.3, 0.4) is 0 Å². The third kappa shape index (κ3) is 3.86. The first-order chi connectivity index (χ1) is 9.47. The Kier molecular flexibility index (Phi) is 5.28. The van der Waals surface area contributed by atoms with Crippen LogP contribution < -0.4 is 5.32 Å². The zero-order valence-electron chi connectivity index (χ0n) is 11.3. The normalized spacial score (nSPS) is 11.1. The van der Waals surface area contributed by atoms with Crippen LogP contribution in [-0.2, 0) is 6.54 Å². The molecule has 0 fully saturated rings. The molecule has 1 heterocycles. The summed E-state index contributed by atoms with van der Waals surface area (Å²) in [6.45, 7) is 4.95. The monoisotopic (exact) mass is 328 g/mol. The van der Waals surface area contributed by atoms with Gasteiger partial charge in [-0.25, -0.2) is 0 Å². The fourth-order valence-corrected chi connectivity index (χ4v) is 2.90. The average Bonchev–Trinajstić information content (AvgIpc) is 2.35. The van der Waals surface area contributed by atoms with Crippen LogP contribution in [0.1, 0.15) is 19.4 Å². The number of hydrogen-bond donors (Lipinski definition) is 1. The number of nitrogens with zero attached hydrogens (tertiary/aromatic N) is 1. The Hall–Kier alpha value is -0.800. The minimum atomic E-state index is 0.418. The molecule has 0 bridgehead atoms. The van der Waals surface area contributed by atoms with Gasteiger partial charge in [-0.05, 0) is 23.8 Å². The standard InChI is InChI=1S/C15H15Cl3N2/c1-9(2)20-7-10-3-11(8-19-6-10)15-13(17)4-12(16)5-14(15)18/h3-6,8-9,20H,7H2,1-2H3. The summed E-state index contributed by atoms with van der Waals surface area (Å²) >= 11 is 18.4. The van der Waals surface area contributed by atoms with Crippen molar-refractivity contribution in [2.24, 2.45) is 0 Å². The van der Waals surface area contributed by atoms with Crippen molar-refractivity contribution in [2.75, 3.05) is 0 Å². The van der Waals surface area contributed by atoms with E-state index in [1.807, 2.05) is 12.3 Å². The number of hydrogen-bond acceptors (Lipinski definition) is 2. The van der Waals surface area contributed by atoms with Crippen LogP contribution >= 0.6 is 34.8 Å². The summed E-state index contributed by atoms with van der Waals surface area (Å²) in [5, 5.41) is 4.93. The number of halogens is 3. The molecule has 106 valence electrons. The molecule has 2 rings (SSSR count). The molecule has 20 heavy (non-hydrogen) atoms. The van der Waals surface area contributed by atoms with E-state index < -0.39 is 0 Å². The Morgan fingerprint density at radius 1 is 1.05 bits per heavy atom. The van der Waals surface area contributed by atoms with Crippen LogP contribution in [0.15, 0.2) is 30.6 Å². The summed E-state index contributed by atoms with van der Waals surface area (Å²) < 4.78 is 0. The molecule has 1 aromatic heterocycles. The lowest BCUT2D eigenvalue weighted by atomic mass is 10.1. The van der Waals surface area contributed by atoms with E-state index in [1.54, 1.807) is 18.3 Å². The maximum Gasteiger partial charge on any atom is 0.0514 e. The largest absolute Gasteiger partial charge is 0.310 e. The number of rotatable bonds is 4. The molecular formula is C15H15Cl3N2. The van der Waals surface area contributed by atoms with E-state index in [9.17, 15) is 0 Å². The SMILES string of the molecule is CC(C)NCc1cncc(-c2c(Cl)cc(Cl)cc2Cl)c1. The first-order valence-corrected chi connectivity index (χ1v) is 7.43. The van der Waals surface area contributed by atoms with E-state index in [1.165, 1.54) is 0 Å². The van der Waals surface area contributed by atoms with E-state index in [0.29, 0.717) is 21.1 Å². The Bertz CT molecular complexity index is 589. The highest BCUT2D eigenvalue weighted by atomic mass is 35.5. The third-order valence-electron chi connectivity index (χ3n) is 2.80. The summed E-state index contributed by atoms with van der Waals surface area (Å²) in [4.78, 5) is 4.25. The Labute approximate surface area is 134 Å². The molecule has 0 radical (unpaired) electrons. The van der Waals surface area contributed by atoms with Gasteiger partial charge in [0.2, 0.25) is 0 Å². The van der Waals surface area contributed by atoms with Gasteiger partial charge < -0.3 is 5.32 Å². The first-order valence-electron chi connectivity index (χ1n) is 6.29. The first kappa shape index (κ1) is 15.6. The molecule has 0 aliphatic rings. The molecule has 0 amide bonds. The second-order valence-corrected chi connectivity index (χ2v) is 6.11. The predicted octanol–water partition coefficient (Wildman–Crippen LogP) is 5.21. The summed E-state index contributed by atoms with van der Waals surface area (Å²) in [6.07, 6.45) is 3.58. The van der Waals surface area contributed by atoms with Crippen LogP contribution in [-0.4, -0.2) is 11.0 Å². The quantitative estimate of drug-likeness (QED) is 0.833. The van der Waals surface area contributed by atoms with Crippen LogP contribution in [0, 0.1) is 0 Å². The van der Waals surface area contributed by atoms with Crippen molar-refractivity contribution < 1.29 is 0 Å². The van der Waals surface area contributed by atoms with Crippen molar-refractivity contribution in [2.45, 2.75) is 26.4 Å². The van der Waals surface area contributed by atoms with Gasteiger partial charge in [-0.1, -0.05) is 48.7 Å². The number of nitrogens with one attached hydrogen (secondary N) is 1. The summed E-state index contributed by atoms with van der Waals surface area (Å²) in [5.74, 6) is 0. The highest BCUT2D eigenvalue weighted by Crippen LogP contribution is 2.37. The predicted molar refractivity (Wildman–Crippen MR) is 86.7 cm³/mol. The lowest BCUT2D eigenvalue weighted by molar-refractivity contribution is 0.588. The van der Waals surface area contributed by atoms with Crippen LogP contribution in [0.4, 0.5) is 0 Å². The zero-order chi connectivity index (χ0) is 14.7. The molecule has 2 nitrogen and oxygen atoms in total. The van der Waals surface area contributed by atoms with Gasteiger partial charge in [0.15, 0.2) is 0 Å².